The van der Waals surface area contributed by atoms with Crippen LogP contribution >= 0.6 is 0 Å². The Hall–Kier alpha value is -3.21. The fraction of sp³-hybridized carbons (Fsp3) is 0.182. The van der Waals surface area contributed by atoms with Crippen molar-refractivity contribution in [1.29, 1.82) is 0 Å². The summed E-state index contributed by atoms with van der Waals surface area (Å²) in [5.41, 5.74) is -0.820. The van der Waals surface area contributed by atoms with Crippen molar-refractivity contribution in [1.82, 2.24) is 0 Å². The molecule has 156 valence electrons. The molecule has 0 N–H and O–H groups in total. The zero-order valence-corrected chi connectivity index (χ0v) is 15.4. The van der Waals surface area contributed by atoms with Gasteiger partial charge in [0, 0.05) is 10.8 Å². The van der Waals surface area contributed by atoms with Crippen molar-refractivity contribution in [3.63, 3.8) is 0 Å². The van der Waals surface area contributed by atoms with Gasteiger partial charge in [-0.3, -0.25) is 0 Å². The number of hydrogen-bond donors (Lipinski definition) is 0. The van der Waals surface area contributed by atoms with Gasteiger partial charge in [0.1, 0.15) is 11.6 Å². The number of fused-ring (bicyclic) bond motifs is 1. The van der Waals surface area contributed by atoms with Gasteiger partial charge in [-0.05, 0) is 35.7 Å². The van der Waals surface area contributed by atoms with Crippen LogP contribution in [-0.4, -0.2) is 6.36 Å². The predicted octanol–water partition coefficient (Wildman–Crippen LogP) is 6.90. The number of aryl methyl sites for hydroxylation is 1. The van der Waals surface area contributed by atoms with Gasteiger partial charge in [-0.15, -0.1) is 19.6 Å². The van der Waals surface area contributed by atoms with E-state index in [0.717, 1.165) is 30.3 Å². The molecule has 3 aromatic carbocycles. The van der Waals surface area contributed by atoms with Crippen molar-refractivity contribution in [2.45, 2.75) is 26.1 Å². The van der Waals surface area contributed by atoms with Gasteiger partial charge in [0.2, 0.25) is 5.75 Å². The number of alkyl halides is 3. The average Bonchev–Trinajstić information content (AvgIpc) is 2.64. The molecule has 0 saturated heterocycles. The number of rotatable bonds is 4. The molecule has 0 fully saturated rings. The van der Waals surface area contributed by atoms with E-state index in [1.165, 1.54) is 0 Å². The standard InChI is InChI=1S/C22H13F7O/c1-3-5-11-8-16(23)18(17(24)9-11)12-6-7-14-15(10-12)13(4-2)19(25)21(20(14)26)30-22(27,28)29/h2,6-10H,3,5H2,1H3. The Morgan fingerprint density at radius 1 is 0.933 bits per heavy atom. The van der Waals surface area contributed by atoms with Gasteiger partial charge in [-0.1, -0.05) is 31.4 Å². The van der Waals surface area contributed by atoms with Crippen LogP contribution in [0.15, 0.2) is 30.3 Å². The molecule has 8 heteroatoms. The second-order valence-electron chi connectivity index (χ2n) is 6.47. The maximum atomic E-state index is 14.5. The molecule has 3 rings (SSSR count). The lowest BCUT2D eigenvalue weighted by molar-refractivity contribution is -0.276. The van der Waals surface area contributed by atoms with E-state index in [9.17, 15) is 30.7 Å². The summed E-state index contributed by atoms with van der Waals surface area (Å²) in [5, 5.41) is -0.813. The molecule has 30 heavy (non-hydrogen) atoms. The molecule has 0 aromatic heterocycles. The van der Waals surface area contributed by atoms with Crippen LogP contribution in [0.2, 0.25) is 0 Å². The van der Waals surface area contributed by atoms with Crippen molar-refractivity contribution in [2.75, 3.05) is 0 Å². The first-order valence-corrected chi connectivity index (χ1v) is 8.72. The molecule has 0 spiro atoms. The Labute approximate surface area is 167 Å². The Morgan fingerprint density at radius 2 is 1.57 bits per heavy atom. The first-order valence-electron chi connectivity index (χ1n) is 8.72. The van der Waals surface area contributed by atoms with Crippen LogP contribution in [0.1, 0.15) is 24.5 Å². The Kier molecular flexibility index (Phi) is 5.66. The summed E-state index contributed by atoms with van der Waals surface area (Å²) in [5.74, 6) is -5.00. The van der Waals surface area contributed by atoms with Crippen molar-refractivity contribution in [3.05, 3.63) is 64.7 Å². The van der Waals surface area contributed by atoms with Crippen LogP contribution < -0.4 is 4.74 Å². The normalized spacial score (nSPS) is 11.6. The van der Waals surface area contributed by atoms with E-state index in [2.05, 4.69) is 4.74 Å². The number of benzene rings is 3. The van der Waals surface area contributed by atoms with Gasteiger partial charge in [-0.25, -0.2) is 17.6 Å². The molecule has 0 saturated carbocycles. The van der Waals surface area contributed by atoms with Crippen molar-refractivity contribution in [3.8, 4) is 29.2 Å². The van der Waals surface area contributed by atoms with E-state index in [1.807, 2.05) is 12.8 Å². The van der Waals surface area contributed by atoms with Crippen LogP contribution in [0, 0.1) is 35.6 Å². The molecule has 0 unspecified atom stereocenters. The third-order valence-electron chi connectivity index (χ3n) is 4.43. The molecule has 0 atom stereocenters. The number of hydrogen-bond acceptors (Lipinski definition) is 1. The molecule has 3 aromatic rings. The maximum Gasteiger partial charge on any atom is 0.573 e. The van der Waals surface area contributed by atoms with Crippen molar-refractivity contribution in [2.24, 2.45) is 0 Å². The molecule has 0 heterocycles. The fourth-order valence-electron chi connectivity index (χ4n) is 3.23. The van der Waals surface area contributed by atoms with Gasteiger partial charge in [0.25, 0.3) is 0 Å². The monoisotopic (exact) mass is 426 g/mol. The van der Waals surface area contributed by atoms with Crippen LogP contribution in [0.3, 0.4) is 0 Å². The lowest BCUT2D eigenvalue weighted by Crippen LogP contribution is -2.19. The SMILES string of the molecule is C#Cc1c(F)c(OC(F)(F)F)c(F)c2ccc(-c3c(F)cc(CCC)cc3F)cc12. The highest BCUT2D eigenvalue weighted by atomic mass is 19.4. The summed E-state index contributed by atoms with van der Waals surface area (Å²) >= 11 is 0. The summed E-state index contributed by atoms with van der Waals surface area (Å²) in [7, 11) is 0. The number of terminal acetylenes is 1. The van der Waals surface area contributed by atoms with E-state index in [4.69, 9.17) is 6.42 Å². The maximum absolute atomic E-state index is 14.5. The number of ether oxygens (including phenoxy) is 1. The topological polar surface area (TPSA) is 9.23 Å². The molecule has 0 aliphatic rings. The molecular weight excluding hydrogens is 413 g/mol. The molecule has 0 radical (unpaired) electrons. The van der Waals surface area contributed by atoms with E-state index in [0.29, 0.717) is 18.4 Å². The van der Waals surface area contributed by atoms with E-state index < -0.39 is 51.9 Å². The summed E-state index contributed by atoms with van der Waals surface area (Å²) in [4.78, 5) is 0. The molecule has 1 nitrogen and oxygen atoms in total. The first kappa shape index (κ1) is 21.5. The third kappa shape index (κ3) is 3.92. The number of halogens is 7. The molecule has 0 aliphatic heterocycles. The lowest BCUT2D eigenvalue weighted by Gasteiger charge is -2.15. The molecule has 0 amide bonds. The Morgan fingerprint density at radius 3 is 2.10 bits per heavy atom. The Bertz CT molecular complexity index is 1150. The van der Waals surface area contributed by atoms with Crippen molar-refractivity contribution >= 4 is 10.8 Å². The minimum atomic E-state index is -5.35. The zero-order chi connectivity index (χ0) is 22.2. The minimum Gasteiger partial charge on any atom is -0.399 e. The van der Waals surface area contributed by atoms with Crippen molar-refractivity contribution < 1.29 is 35.5 Å². The van der Waals surface area contributed by atoms with Gasteiger partial charge < -0.3 is 4.74 Å². The third-order valence-corrected chi connectivity index (χ3v) is 4.43. The smallest absolute Gasteiger partial charge is 0.399 e. The van der Waals surface area contributed by atoms with Crippen LogP contribution in [-0.2, 0) is 6.42 Å². The Balaban J connectivity index is 2.26. The van der Waals surface area contributed by atoms with Crippen LogP contribution in [0.5, 0.6) is 5.75 Å². The van der Waals surface area contributed by atoms with E-state index >= 15 is 0 Å². The molecule has 0 aliphatic carbocycles. The fourth-order valence-corrected chi connectivity index (χ4v) is 3.23. The summed E-state index contributed by atoms with van der Waals surface area (Å²) in [6.07, 6.45) is 0.967. The highest BCUT2D eigenvalue weighted by Crippen LogP contribution is 2.38. The van der Waals surface area contributed by atoms with Gasteiger partial charge in [0.05, 0.1) is 11.1 Å². The van der Waals surface area contributed by atoms with E-state index in [1.54, 1.807) is 0 Å². The summed E-state index contributed by atoms with van der Waals surface area (Å²) < 4.78 is 99.0. The highest BCUT2D eigenvalue weighted by molar-refractivity contribution is 5.94. The van der Waals surface area contributed by atoms with Gasteiger partial charge in [0.15, 0.2) is 11.6 Å². The first-order chi connectivity index (χ1) is 14.1. The van der Waals surface area contributed by atoms with Gasteiger partial charge in [-0.2, -0.15) is 0 Å². The largest absolute Gasteiger partial charge is 0.573 e. The second kappa shape index (κ2) is 7.90. The second-order valence-corrected chi connectivity index (χ2v) is 6.47. The highest BCUT2D eigenvalue weighted by Gasteiger charge is 2.35. The average molecular weight is 426 g/mol. The lowest BCUT2D eigenvalue weighted by atomic mass is 9.95. The zero-order valence-electron chi connectivity index (χ0n) is 15.4. The van der Waals surface area contributed by atoms with Crippen LogP contribution in [0.25, 0.3) is 21.9 Å². The van der Waals surface area contributed by atoms with Crippen LogP contribution in [0.4, 0.5) is 30.7 Å². The summed E-state index contributed by atoms with van der Waals surface area (Å²) in [6.45, 7) is 1.84. The van der Waals surface area contributed by atoms with Gasteiger partial charge >= 0.3 is 6.36 Å². The minimum absolute atomic E-state index is 0.0830. The molecule has 0 bridgehead atoms. The summed E-state index contributed by atoms with van der Waals surface area (Å²) in [6, 6.07) is 5.38. The molecular formula is C22H13F7O. The quantitative estimate of drug-likeness (QED) is 0.326. The predicted molar refractivity (Wildman–Crippen MR) is 97.8 cm³/mol. The van der Waals surface area contributed by atoms with E-state index in [-0.39, 0.29) is 10.9 Å².